The van der Waals surface area contributed by atoms with Crippen molar-refractivity contribution < 1.29 is 0 Å². The third kappa shape index (κ3) is 3.11. The fourth-order valence-corrected chi connectivity index (χ4v) is 3.36. The Morgan fingerprint density at radius 1 is 1.32 bits per heavy atom. The molecule has 102 valence electrons. The predicted molar refractivity (Wildman–Crippen MR) is 79.0 cm³/mol. The maximum absolute atomic E-state index is 9.31. The van der Waals surface area contributed by atoms with Gasteiger partial charge in [0.15, 0.2) is 0 Å². The number of nitriles is 1. The van der Waals surface area contributed by atoms with Gasteiger partial charge in [0.2, 0.25) is 0 Å². The number of hydrogen-bond donors (Lipinski definition) is 0. The molecular formula is C16H21ClN2. The molecule has 1 aliphatic carbocycles. The van der Waals surface area contributed by atoms with Crippen LogP contribution in [0.25, 0.3) is 0 Å². The van der Waals surface area contributed by atoms with Gasteiger partial charge in [-0.05, 0) is 38.4 Å². The normalized spacial score (nSPS) is 25.0. The Morgan fingerprint density at radius 2 is 2.00 bits per heavy atom. The summed E-state index contributed by atoms with van der Waals surface area (Å²) in [5.74, 6) is 0.156. The molecule has 3 heteroatoms. The molecule has 3 unspecified atom stereocenters. The second-order valence-corrected chi connectivity index (χ2v) is 5.86. The van der Waals surface area contributed by atoms with E-state index in [4.69, 9.17) is 11.6 Å². The van der Waals surface area contributed by atoms with Crippen LogP contribution in [0.15, 0.2) is 24.3 Å². The Bertz CT molecular complexity index is 466. The second kappa shape index (κ2) is 6.41. The van der Waals surface area contributed by atoms with Gasteiger partial charge in [0.1, 0.15) is 0 Å². The largest absolute Gasteiger partial charge is 0.295 e. The van der Waals surface area contributed by atoms with E-state index in [1.807, 2.05) is 18.2 Å². The topological polar surface area (TPSA) is 27.0 Å². The molecule has 1 aromatic carbocycles. The van der Waals surface area contributed by atoms with Gasteiger partial charge < -0.3 is 0 Å². The first-order valence-corrected chi connectivity index (χ1v) is 7.39. The summed E-state index contributed by atoms with van der Waals surface area (Å²) in [7, 11) is 2.12. The fraction of sp³-hybridized carbons (Fsp3) is 0.562. The third-order valence-corrected chi connectivity index (χ3v) is 4.73. The van der Waals surface area contributed by atoms with E-state index in [0.29, 0.717) is 6.04 Å². The molecule has 0 spiro atoms. The summed E-state index contributed by atoms with van der Waals surface area (Å²) in [6.45, 7) is 2.17. The van der Waals surface area contributed by atoms with Crippen LogP contribution in [0.4, 0.5) is 0 Å². The minimum Gasteiger partial charge on any atom is -0.295 e. The van der Waals surface area contributed by atoms with Crippen molar-refractivity contribution in [1.29, 1.82) is 5.26 Å². The van der Waals surface area contributed by atoms with Gasteiger partial charge in [-0.2, -0.15) is 5.26 Å². The number of halogens is 1. The lowest BCUT2D eigenvalue weighted by atomic mass is 9.84. The molecule has 0 amide bonds. The van der Waals surface area contributed by atoms with Crippen molar-refractivity contribution >= 4 is 11.6 Å². The van der Waals surface area contributed by atoms with E-state index in [1.54, 1.807) is 0 Å². The number of benzene rings is 1. The Kier molecular flexibility index (Phi) is 4.85. The van der Waals surface area contributed by atoms with Crippen LogP contribution in [-0.4, -0.2) is 18.0 Å². The Hall–Kier alpha value is -1.04. The lowest BCUT2D eigenvalue weighted by molar-refractivity contribution is 0.118. The van der Waals surface area contributed by atoms with Crippen LogP contribution in [0.2, 0.25) is 5.02 Å². The zero-order valence-corrected chi connectivity index (χ0v) is 12.4. The molecule has 2 rings (SSSR count). The van der Waals surface area contributed by atoms with Crippen molar-refractivity contribution in [3.63, 3.8) is 0 Å². The highest BCUT2D eigenvalue weighted by Crippen LogP contribution is 2.34. The molecule has 1 saturated carbocycles. The first kappa shape index (κ1) is 14.4. The molecule has 1 fully saturated rings. The summed E-state index contributed by atoms with van der Waals surface area (Å²) in [6.07, 6.45) is 4.55. The first-order chi connectivity index (χ1) is 9.15. The molecule has 0 N–H and O–H groups in total. The summed E-state index contributed by atoms with van der Waals surface area (Å²) in [5.41, 5.74) is 1.15. The molecule has 1 aromatic rings. The van der Waals surface area contributed by atoms with Gasteiger partial charge in [0, 0.05) is 17.1 Å². The highest BCUT2D eigenvalue weighted by atomic mass is 35.5. The second-order valence-electron chi connectivity index (χ2n) is 5.45. The molecule has 0 bridgehead atoms. The first-order valence-electron chi connectivity index (χ1n) is 7.01. The maximum atomic E-state index is 9.31. The monoisotopic (exact) mass is 276 g/mol. The quantitative estimate of drug-likeness (QED) is 0.817. The van der Waals surface area contributed by atoms with Gasteiger partial charge >= 0.3 is 0 Å². The van der Waals surface area contributed by atoms with Crippen LogP contribution in [-0.2, 0) is 0 Å². The van der Waals surface area contributed by atoms with E-state index >= 15 is 0 Å². The Labute approximate surface area is 121 Å². The molecule has 0 radical (unpaired) electrons. The molecule has 19 heavy (non-hydrogen) atoms. The van der Waals surface area contributed by atoms with Gasteiger partial charge in [0.05, 0.1) is 12.0 Å². The van der Waals surface area contributed by atoms with Crippen molar-refractivity contribution in [3.05, 3.63) is 34.9 Å². The summed E-state index contributed by atoms with van der Waals surface area (Å²) in [6, 6.07) is 11.1. The number of rotatable bonds is 3. The molecular weight excluding hydrogens is 256 g/mol. The molecule has 1 aliphatic rings. The van der Waals surface area contributed by atoms with E-state index in [1.165, 1.54) is 12.8 Å². The predicted octanol–water partition coefficient (Wildman–Crippen LogP) is 4.42. The summed E-state index contributed by atoms with van der Waals surface area (Å²) in [4.78, 5) is 2.33. The van der Waals surface area contributed by atoms with Gasteiger partial charge in [-0.1, -0.05) is 42.6 Å². The number of hydrogen-bond acceptors (Lipinski definition) is 2. The summed E-state index contributed by atoms with van der Waals surface area (Å²) >= 11 is 6.28. The van der Waals surface area contributed by atoms with Crippen molar-refractivity contribution in [2.75, 3.05) is 7.05 Å². The minimum absolute atomic E-state index is 0.156. The molecule has 0 saturated heterocycles. The fourth-order valence-electron chi connectivity index (χ4n) is 3.07. The van der Waals surface area contributed by atoms with Crippen LogP contribution in [0, 0.1) is 17.2 Å². The zero-order chi connectivity index (χ0) is 13.8. The lowest BCUT2D eigenvalue weighted by Crippen LogP contribution is -2.41. The van der Waals surface area contributed by atoms with Crippen LogP contribution in [0.3, 0.4) is 0 Å². The molecule has 3 atom stereocenters. The lowest BCUT2D eigenvalue weighted by Gasteiger charge is -2.38. The van der Waals surface area contributed by atoms with Crippen LogP contribution in [0.5, 0.6) is 0 Å². The van der Waals surface area contributed by atoms with E-state index in [9.17, 15) is 5.26 Å². The van der Waals surface area contributed by atoms with Crippen molar-refractivity contribution in [3.8, 4) is 6.07 Å². The van der Waals surface area contributed by atoms with Gasteiger partial charge in [-0.3, -0.25) is 4.90 Å². The molecule has 0 aliphatic heterocycles. The summed E-state index contributed by atoms with van der Waals surface area (Å²) in [5, 5.41) is 10.1. The SMILES string of the molecule is CC(c1ccccc1Cl)N(C)C1CCCCC1C#N. The van der Waals surface area contributed by atoms with Crippen LogP contribution in [0.1, 0.15) is 44.2 Å². The summed E-state index contributed by atoms with van der Waals surface area (Å²) < 4.78 is 0. The van der Waals surface area contributed by atoms with Gasteiger partial charge in [-0.15, -0.1) is 0 Å². The Balaban J connectivity index is 2.16. The zero-order valence-electron chi connectivity index (χ0n) is 11.6. The number of nitrogens with zero attached hydrogens (tertiary/aromatic N) is 2. The van der Waals surface area contributed by atoms with E-state index in [2.05, 4.69) is 31.0 Å². The van der Waals surface area contributed by atoms with Gasteiger partial charge in [-0.25, -0.2) is 0 Å². The van der Waals surface area contributed by atoms with E-state index in [0.717, 1.165) is 23.4 Å². The van der Waals surface area contributed by atoms with Crippen LogP contribution < -0.4 is 0 Å². The third-order valence-electron chi connectivity index (χ3n) is 4.38. The van der Waals surface area contributed by atoms with Crippen LogP contribution >= 0.6 is 11.6 Å². The van der Waals surface area contributed by atoms with Crippen molar-refractivity contribution in [2.45, 2.75) is 44.7 Å². The van der Waals surface area contributed by atoms with E-state index < -0.39 is 0 Å². The standard InChI is InChI=1S/C16H21ClN2/c1-12(14-8-4-5-9-15(14)17)19(2)16-10-6-3-7-13(16)11-18/h4-5,8-9,12-13,16H,3,6-7,10H2,1-2H3. The highest BCUT2D eigenvalue weighted by Gasteiger charge is 2.31. The van der Waals surface area contributed by atoms with Gasteiger partial charge in [0.25, 0.3) is 0 Å². The Morgan fingerprint density at radius 3 is 2.68 bits per heavy atom. The van der Waals surface area contributed by atoms with E-state index in [-0.39, 0.29) is 12.0 Å². The average molecular weight is 277 g/mol. The van der Waals surface area contributed by atoms with Crippen molar-refractivity contribution in [2.24, 2.45) is 5.92 Å². The molecule has 0 aromatic heterocycles. The van der Waals surface area contributed by atoms with Crippen molar-refractivity contribution in [1.82, 2.24) is 4.90 Å². The maximum Gasteiger partial charge on any atom is 0.0672 e. The molecule has 2 nitrogen and oxygen atoms in total. The smallest absolute Gasteiger partial charge is 0.0672 e. The highest BCUT2D eigenvalue weighted by molar-refractivity contribution is 6.31. The molecule has 0 heterocycles. The minimum atomic E-state index is 0.156. The average Bonchev–Trinajstić information content (AvgIpc) is 2.46.